The van der Waals surface area contributed by atoms with E-state index in [9.17, 15) is 5.11 Å². The molecule has 1 aliphatic rings. The van der Waals surface area contributed by atoms with Crippen LogP contribution in [0.25, 0.3) is 0 Å². The molecular formula is C16H25NO. The second kappa shape index (κ2) is 5.41. The average Bonchev–Trinajstić information content (AvgIpc) is 2.34. The molecule has 3 unspecified atom stereocenters. The molecule has 0 aliphatic carbocycles. The molecule has 2 heteroatoms. The number of nitrogens with zero attached hydrogens (tertiary/aromatic N) is 1. The van der Waals surface area contributed by atoms with Gasteiger partial charge in [-0.25, -0.2) is 0 Å². The Kier molecular flexibility index (Phi) is 4.08. The van der Waals surface area contributed by atoms with Crippen molar-refractivity contribution in [3.63, 3.8) is 0 Å². The molecule has 0 radical (unpaired) electrons. The first-order valence-electron chi connectivity index (χ1n) is 7.01. The highest BCUT2D eigenvalue weighted by Crippen LogP contribution is 2.27. The quantitative estimate of drug-likeness (QED) is 0.887. The van der Waals surface area contributed by atoms with Crippen LogP contribution in [0.2, 0.25) is 0 Å². The summed E-state index contributed by atoms with van der Waals surface area (Å²) in [6.45, 7) is 8.35. The lowest BCUT2D eigenvalue weighted by Crippen LogP contribution is -2.47. The summed E-state index contributed by atoms with van der Waals surface area (Å²) in [5.74, 6) is 0.818. The predicted octanol–water partition coefficient (Wildman–Crippen LogP) is 3.01. The summed E-state index contributed by atoms with van der Waals surface area (Å²) in [5, 5.41) is 10.7. The van der Waals surface area contributed by atoms with E-state index in [0.717, 1.165) is 24.6 Å². The molecule has 2 nitrogen and oxygen atoms in total. The van der Waals surface area contributed by atoms with Gasteiger partial charge >= 0.3 is 0 Å². The highest BCUT2D eigenvalue weighted by molar-refractivity contribution is 5.21. The lowest BCUT2D eigenvalue weighted by molar-refractivity contribution is -0.0100. The SMILES string of the molecule is CC1CCN(CC(C)(O)c2ccccc2)C(C)C1. The third-order valence-electron chi connectivity index (χ3n) is 4.18. The molecule has 0 spiro atoms. The van der Waals surface area contributed by atoms with E-state index in [4.69, 9.17) is 0 Å². The van der Waals surface area contributed by atoms with Crippen molar-refractivity contribution >= 4 is 0 Å². The normalized spacial score (nSPS) is 28.9. The molecule has 3 atom stereocenters. The first kappa shape index (κ1) is 13.6. The van der Waals surface area contributed by atoms with Crippen molar-refractivity contribution in [3.8, 4) is 0 Å². The van der Waals surface area contributed by atoms with E-state index >= 15 is 0 Å². The number of piperidine rings is 1. The van der Waals surface area contributed by atoms with Crippen LogP contribution >= 0.6 is 0 Å². The number of aliphatic hydroxyl groups is 1. The van der Waals surface area contributed by atoms with Gasteiger partial charge in [-0.1, -0.05) is 37.3 Å². The molecule has 100 valence electrons. The van der Waals surface area contributed by atoms with E-state index in [-0.39, 0.29) is 0 Å². The Morgan fingerprint density at radius 2 is 1.94 bits per heavy atom. The molecule has 2 rings (SSSR count). The van der Waals surface area contributed by atoms with Gasteiger partial charge in [-0.05, 0) is 44.7 Å². The fourth-order valence-corrected chi connectivity index (χ4v) is 2.97. The van der Waals surface area contributed by atoms with Gasteiger partial charge in [-0.15, -0.1) is 0 Å². The van der Waals surface area contributed by atoms with Crippen LogP contribution in [0.5, 0.6) is 0 Å². The molecule has 1 saturated heterocycles. The van der Waals surface area contributed by atoms with E-state index in [1.807, 2.05) is 37.3 Å². The Hall–Kier alpha value is -0.860. The first-order valence-corrected chi connectivity index (χ1v) is 7.01. The van der Waals surface area contributed by atoms with Crippen LogP contribution in [0.1, 0.15) is 39.2 Å². The molecular weight excluding hydrogens is 222 g/mol. The van der Waals surface area contributed by atoms with Gasteiger partial charge in [0, 0.05) is 12.6 Å². The summed E-state index contributed by atoms with van der Waals surface area (Å²) in [6, 6.07) is 10.6. The van der Waals surface area contributed by atoms with Crippen molar-refractivity contribution in [2.24, 2.45) is 5.92 Å². The van der Waals surface area contributed by atoms with Crippen LogP contribution in [0.15, 0.2) is 30.3 Å². The molecule has 1 N–H and O–H groups in total. The molecule has 0 saturated carbocycles. The highest BCUT2D eigenvalue weighted by Gasteiger charge is 2.30. The zero-order chi connectivity index (χ0) is 13.2. The predicted molar refractivity (Wildman–Crippen MR) is 75.4 cm³/mol. The third-order valence-corrected chi connectivity index (χ3v) is 4.18. The number of benzene rings is 1. The maximum absolute atomic E-state index is 10.7. The summed E-state index contributed by atoms with van der Waals surface area (Å²) in [4.78, 5) is 2.42. The Labute approximate surface area is 111 Å². The van der Waals surface area contributed by atoms with Crippen molar-refractivity contribution in [1.82, 2.24) is 4.90 Å². The highest BCUT2D eigenvalue weighted by atomic mass is 16.3. The second-order valence-electron chi connectivity index (χ2n) is 6.09. The average molecular weight is 247 g/mol. The number of β-amino-alcohol motifs (C(OH)–C–C–N with tert-alkyl or cyclic N) is 1. The van der Waals surface area contributed by atoms with Gasteiger partial charge in [0.1, 0.15) is 0 Å². The van der Waals surface area contributed by atoms with E-state index in [0.29, 0.717) is 6.04 Å². The van der Waals surface area contributed by atoms with Gasteiger partial charge in [0.15, 0.2) is 0 Å². The number of rotatable bonds is 3. The summed E-state index contributed by atoms with van der Waals surface area (Å²) in [7, 11) is 0. The van der Waals surface area contributed by atoms with Crippen LogP contribution in [-0.2, 0) is 5.60 Å². The molecule has 1 aromatic carbocycles. The Bertz CT molecular complexity index is 374. The van der Waals surface area contributed by atoms with Gasteiger partial charge in [0.2, 0.25) is 0 Å². The Balaban J connectivity index is 2.04. The third kappa shape index (κ3) is 3.12. The van der Waals surface area contributed by atoms with Gasteiger partial charge in [-0.3, -0.25) is 4.90 Å². The summed E-state index contributed by atoms with van der Waals surface area (Å²) < 4.78 is 0. The zero-order valence-corrected chi connectivity index (χ0v) is 11.8. The lowest BCUT2D eigenvalue weighted by Gasteiger charge is -2.40. The minimum atomic E-state index is -0.754. The van der Waals surface area contributed by atoms with Gasteiger partial charge in [0.05, 0.1) is 5.60 Å². The monoisotopic (exact) mass is 247 g/mol. The molecule has 0 bridgehead atoms. The van der Waals surface area contributed by atoms with Gasteiger partial charge in [-0.2, -0.15) is 0 Å². The van der Waals surface area contributed by atoms with Crippen LogP contribution in [0.4, 0.5) is 0 Å². The van der Waals surface area contributed by atoms with Crippen LogP contribution < -0.4 is 0 Å². The fourth-order valence-electron chi connectivity index (χ4n) is 2.97. The Morgan fingerprint density at radius 3 is 2.56 bits per heavy atom. The maximum Gasteiger partial charge on any atom is 0.0994 e. The van der Waals surface area contributed by atoms with Crippen LogP contribution in [0, 0.1) is 5.92 Å². The molecule has 1 aromatic rings. The fraction of sp³-hybridized carbons (Fsp3) is 0.625. The van der Waals surface area contributed by atoms with E-state index < -0.39 is 5.60 Å². The minimum absolute atomic E-state index is 0.573. The minimum Gasteiger partial charge on any atom is -0.384 e. The van der Waals surface area contributed by atoms with Gasteiger partial charge in [0.25, 0.3) is 0 Å². The maximum atomic E-state index is 10.7. The smallest absolute Gasteiger partial charge is 0.0994 e. The van der Waals surface area contributed by atoms with Crippen molar-refractivity contribution in [2.75, 3.05) is 13.1 Å². The van der Waals surface area contributed by atoms with Gasteiger partial charge < -0.3 is 5.11 Å². The standard InChI is InChI=1S/C16H25NO/c1-13-9-10-17(14(2)11-13)12-16(3,18)15-7-5-4-6-8-15/h4-8,13-14,18H,9-12H2,1-3H3. The van der Waals surface area contributed by atoms with E-state index in [1.54, 1.807) is 0 Å². The topological polar surface area (TPSA) is 23.5 Å². The lowest BCUT2D eigenvalue weighted by atomic mass is 9.90. The molecule has 1 aliphatic heterocycles. The van der Waals surface area contributed by atoms with Crippen molar-refractivity contribution in [2.45, 2.75) is 45.3 Å². The summed E-state index contributed by atoms with van der Waals surface area (Å²) in [6.07, 6.45) is 2.49. The summed E-state index contributed by atoms with van der Waals surface area (Å²) >= 11 is 0. The molecule has 18 heavy (non-hydrogen) atoms. The van der Waals surface area contributed by atoms with Crippen LogP contribution in [0.3, 0.4) is 0 Å². The molecule has 0 amide bonds. The van der Waals surface area contributed by atoms with Crippen molar-refractivity contribution < 1.29 is 5.11 Å². The molecule has 1 heterocycles. The molecule has 0 aromatic heterocycles. The summed E-state index contributed by atoms with van der Waals surface area (Å²) in [5.41, 5.74) is 0.256. The Morgan fingerprint density at radius 1 is 1.28 bits per heavy atom. The largest absolute Gasteiger partial charge is 0.384 e. The first-order chi connectivity index (χ1) is 8.49. The number of hydrogen-bond donors (Lipinski definition) is 1. The number of hydrogen-bond acceptors (Lipinski definition) is 2. The van der Waals surface area contributed by atoms with E-state index in [1.165, 1.54) is 12.8 Å². The van der Waals surface area contributed by atoms with Crippen molar-refractivity contribution in [1.29, 1.82) is 0 Å². The van der Waals surface area contributed by atoms with E-state index in [2.05, 4.69) is 18.7 Å². The number of likely N-dealkylation sites (tertiary alicyclic amines) is 1. The molecule has 1 fully saturated rings. The zero-order valence-electron chi connectivity index (χ0n) is 11.8. The second-order valence-corrected chi connectivity index (χ2v) is 6.09. The van der Waals surface area contributed by atoms with Crippen molar-refractivity contribution in [3.05, 3.63) is 35.9 Å². The van der Waals surface area contributed by atoms with Crippen LogP contribution in [-0.4, -0.2) is 29.1 Å².